The molecule has 1 saturated heterocycles. The van der Waals surface area contributed by atoms with Crippen LogP contribution in [-0.2, 0) is 4.79 Å². The second kappa shape index (κ2) is 5.56. The van der Waals surface area contributed by atoms with Crippen LogP contribution >= 0.6 is 11.6 Å². The molecule has 1 rings (SSSR count). The number of halogens is 1. The van der Waals surface area contributed by atoms with Crippen molar-refractivity contribution >= 4 is 17.5 Å². The first-order valence-corrected chi connectivity index (χ1v) is 5.74. The van der Waals surface area contributed by atoms with E-state index in [1.54, 1.807) is 0 Å². The van der Waals surface area contributed by atoms with Gasteiger partial charge in [0, 0.05) is 31.3 Å². The summed E-state index contributed by atoms with van der Waals surface area (Å²) >= 11 is 5.52. The van der Waals surface area contributed by atoms with Gasteiger partial charge in [-0.25, -0.2) is 0 Å². The van der Waals surface area contributed by atoms with Gasteiger partial charge in [-0.15, -0.1) is 11.6 Å². The Kier molecular flexibility index (Phi) is 4.69. The van der Waals surface area contributed by atoms with Gasteiger partial charge in [0.2, 0.25) is 5.91 Å². The second-order valence-electron chi connectivity index (χ2n) is 3.80. The lowest BCUT2D eigenvalue weighted by Gasteiger charge is -2.35. The summed E-state index contributed by atoms with van der Waals surface area (Å²) in [5.41, 5.74) is 0. The average Bonchev–Trinajstić information content (AvgIpc) is 2.19. The molecule has 0 aliphatic carbocycles. The van der Waals surface area contributed by atoms with Crippen LogP contribution in [0.1, 0.15) is 26.2 Å². The summed E-state index contributed by atoms with van der Waals surface area (Å²) in [5.74, 6) is 0.739. The number of carbonyl (C=O) groups is 1. The van der Waals surface area contributed by atoms with E-state index in [9.17, 15) is 9.90 Å². The molecule has 0 aromatic heterocycles. The molecule has 1 fully saturated rings. The van der Waals surface area contributed by atoms with E-state index < -0.39 is 0 Å². The third kappa shape index (κ3) is 2.85. The topological polar surface area (TPSA) is 40.5 Å². The number of piperidine rings is 1. The molecule has 2 atom stereocenters. The zero-order valence-corrected chi connectivity index (χ0v) is 9.33. The van der Waals surface area contributed by atoms with Crippen molar-refractivity contribution in [3.05, 3.63) is 0 Å². The number of alkyl halides is 1. The minimum atomic E-state index is -0.236. The third-order valence-corrected chi connectivity index (χ3v) is 3.07. The van der Waals surface area contributed by atoms with Gasteiger partial charge < -0.3 is 10.0 Å². The number of hydrogen-bond acceptors (Lipinski definition) is 2. The van der Waals surface area contributed by atoms with E-state index in [1.165, 1.54) is 0 Å². The number of amides is 1. The Bertz CT molecular complexity index is 199. The van der Waals surface area contributed by atoms with E-state index in [-0.39, 0.29) is 17.9 Å². The first-order chi connectivity index (χ1) is 6.69. The molecule has 82 valence electrons. The monoisotopic (exact) mass is 219 g/mol. The van der Waals surface area contributed by atoms with Crippen molar-refractivity contribution in [3.63, 3.8) is 0 Å². The molecule has 0 aromatic carbocycles. The highest BCUT2D eigenvalue weighted by Crippen LogP contribution is 2.20. The van der Waals surface area contributed by atoms with Gasteiger partial charge >= 0.3 is 0 Å². The van der Waals surface area contributed by atoms with Crippen LogP contribution in [-0.4, -0.2) is 41.0 Å². The molecule has 0 radical (unpaired) electrons. The van der Waals surface area contributed by atoms with Crippen LogP contribution in [0.4, 0.5) is 0 Å². The van der Waals surface area contributed by atoms with Crippen molar-refractivity contribution in [3.8, 4) is 0 Å². The lowest BCUT2D eigenvalue weighted by molar-refractivity contribution is -0.134. The lowest BCUT2D eigenvalue weighted by Crippen LogP contribution is -2.45. The number of likely N-dealkylation sites (tertiary alicyclic amines) is 1. The maximum absolute atomic E-state index is 11.5. The zero-order chi connectivity index (χ0) is 10.6. The second-order valence-corrected chi connectivity index (χ2v) is 4.18. The molecule has 1 aliphatic heterocycles. The highest BCUT2D eigenvalue weighted by molar-refractivity contribution is 6.18. The molecule has 0 saturated carbocycles. The Hall–Kier alpha value is -0.280. The van der Waals surface area contributed by atoms with Crippen LogP contribution < -0.4 is 0 Å². The Morgan fingerprint density at radius 3 is 2.93 bits per heavy atom. The van der Waals surface area contributed by atoms with Crippen molar-refractivity contribution in [2.75, 3.05) is 19.0 Å². The quantitative estimate of drug-likeness (QED) is 0.726. The molecular weight excluding hydrogens is 202 g/mol. The first kappa shape index (κ1) is 11.8. The van der Waals surface area contributed by atoms with Gasteiger partial charge in [-0.2, -0.15) is 0 Å². The maximum atomic E-state index is 11.5. The number of aliphatic hydroxyl groups excluding tert-OH is 1. The fourth-order valence-electron chi connectivity index (χ4n) is 1.89. The molecule has 1 heterocycles. The van der Waals surface area contributed by atoms with Crippen LogP contribution in [0.5, 0.6) is 0 Å². The predicted molar refractivity (Wildman–Crippen MR) is 56.3 cm³/mol. The van der Waals surface area contributed by atoms with Crippen molar-refractivity contribution < 1.29 is 9.90 Å². The van der Waals surface area contributed by atoms with Crippen LogP contribution in [0.2, 0.25) is 0 Å². The summed E-state index contributed by atoms with van der Waals surface area (Å²) in [6.45, 7) is 3.41. The lowest BCUT2D eigenvalue weighted by atomic mass is 9.92. The summed E-state index contributed by atoms with van der Waals surface area (Å²) in [4.78, 5) is 13.3. The predicted octanol–water partition coefficient (Wildman–Crippen LogP) is 1.23. The molecular formula is C10H18ClNO2. The molecule has 1 amide bonds. The number of carbonyl (C=O) groups excluding carboxylic acids is 1. The molecule has 4 heteroatoms. The van der Waals surface area contributed by atoms with Gasteiger partial charge in [0.15, 0.2) is 0 Å². The SMILES string of the molecule is CC[C@H]1CN(C(=O)CCCl)CC[C@H]1O. The van der Waals surface area contributed by atoms with E-state index in [1.807, 2.05) is 11.8 Å². The zero-order valence-electron chi connectivity index (χ0n) is 8.58. The number of rotatable bonds is 3. The summed E-state index contributed by atoms with van der Waals surface area (Å²) in [6.07, 6.45) is 1.80. The molecule has 0 unspecified atom stereocenters. The molecule has 14 heavy (non-hydrogen) atoms. The van der Waals surface area contributed by atoms with Gasteiger partial charge in [0.25, 0.3) is 0 Å². The number of hydrogen-bond donors (Lipinski definition) is 1. The molecule has 3 nitrogen and oxygen atoms in total. The van der Waals surface area contributed by atoms with Crippen LogP contribution in [0.15, 0.2) is 0 Å². The third-order valence-electron chi connectivity index (χ3n) is 2.88. The minimum Gasteiger partial charge on any atom is -0.393 e. The van der Waals surface area contributed by atoms with E-state index in [4.69, 9.17) is 11.6 Å². The van der Waals surface area contributed by atoms with Crippen LogP contribution in [0.25, 0.3) is 0 Å². The Morgan fingerprint density at radius 1 is 1.64 bits per heavy atom. The summed E-state index contributed by atoms with van der Waals surface area (Å²) in [6, 6.07) is 0. The fraction of sp³-hybridized carbons (Fsp3) is 0.900. The Balaban J connectivity index is 2.45. The Morgan fingerprint density at radius 2 is 2.36 bits per heavy atom. The van der Waals surface area contributed by atoms with E-state index in [0.717, 1.165) is 6.42 Å². The van der Waals surface area contributed by atoms with Gasteiger partial charge in [-0.3, -0.25) is 4.79 Å². The molecule has 1 aliphatic rings. The largest absolute Gasteiger partial charge is 0.393 e. The molecule has 1 N–H and O–H groups in total. The maximum Gasteiger partial charge on any atom is 0.223 e. The summed E-state index contributed by atoms with van der Waals surface area (Å²) < 4.78 is 0. The van der Waals surface area contributed by atoms with E-state index in [2.05, 4.69) is 0 Å². The van der Waals surface area contributed by atoms with Crippen molar-refractivity contribution in [1.29, 1.82) is 0 Å². The van der Waals surface area contributed by atoms with Crippen molar-refractivity contribution in [2.24, 2.45) is 5.92 Å². The van der Waals surface area contributed by atoms with Crippen molar-refractivity contribution in [1.82, 2.24) is 4.90 Å². The number of nitrogens with zero attached hydrogens (tertiary/aromatic N) is 1. The van der Waals surface area contributed by atoms with Gasteiger partial charge in [0.05, 0.1) is 6.10 Å². The first-order valence-electron chi connectivity index (χ1n) is 5.20. The molecule has 0 bridgehead atoms. The normalized spacial score (nSPS) is 27.8. The summed E-state index contributed by atoms with van der Waals surface area (Å²) in [5, 5.41) is 9.63. The van der Waals surface area contributed by atoms with E-state index >= 15 is 0 Å². The number of aliphatic hydroxyl groups is 1. The molecule has 0 aromatic rings. The van der Waals surface area contributed by atoms with Crippen molar-refractivity contribution in [2.45, 2.75) is 32.3 Å². The highest BCUT2D eigenvalue weighted by atomic mass is 35.5. The smallest absolute Gasteiger partial charge is 0.223 e. The van der Waals surface area contributed by atoms with Crippen LogP contribution in [0, 0.1) is 5.92 Å². The fourth-order valence-corrected chi connectivity index (χ4v) is 2.05. The van der Waals surface area contributed by atoms with E-state index in [0.29, 0.717) is 31.8 Å². The van der Waals surface area contributed by atoms with Gasteiger partial charge in [-0.1, -0.05) is 6.92 Å². The minimum absolute atomic E-state index is 0.116. The summed E-state index contributed by atoms with van der Waals surface area (Å²) in [7, 11) is 0. The molecule has 0 spiro atoms. The van der Waals surface area contributed by atoms with Gasteiger partial charge in [-0.05, 0) is 12.8 Å². The standard InChI is InChI=1S/C10H18ClNO2/c1-2-8-7-12(6-4-9(8)13)10(14)3-5-11/h8-9,13H,2-7H2,1H3/t8-,9+/m0/s1. The average molecular weight is 220 g/mol. The Labute approximate surface area is 90.0 Å². The highest BCUT2D eigenvalue weighted by Gasteiger charge is 2.28. The van der Waals surface area contributed by atoms with Crippen LogP contribution in [0.3, 0.4) is 0 Å². The van der Waals surface area contributed by atoms with Gasteiger partial charge in [0.1, 0.15) is 0 Å².